The van der Waals surface area contributed by atoms with E-state index in [4.69, 9.17) is 9.84 Å². The Balaban J connectivity index is 2.05. The van der Waals surface area contributed by atoms with E-state index in [0.717, 1.165) is 37.2 Å². The Morgan fingerprint density at radius 1 is 1.22 bits per heavy atom. The number of piperidine rings is 1. The average Bonchev–Trinajstić information content (AvgIpc) is 2.54. The first-order valence-corrected chi connectivity index (χ1v) is 8.13. The number of aliphatic carboxylic acids is 1. The maximum absolute atomic E-state index is 12.5. The molecule has 0 saturated carbocycles. The number of carbonyl (C=O) groups excluding carboxylic acids is 1. The number of methoxy groups -OCH3 is 1. The second-order valence-corrected chi connectivity index (χ2v) is 6.34. The molecule has 0 spiro atoms. The van der Waals surface area contributed by atoms with Crippen LogP contribution in [0.25, 0.3) is 0 Å². The number of likely N-dealkylation sites (tertiary alicyclic amines) is 1. The van der Waals surface area contributed by atoms with Crippen molar-refractivity contribution in [3.63, 3.8) is 0 Å². The maximum atomic E-state index is 12.5. The van der Waals surface area contributed by atoms with Gasteiger partial charge in [-0.05, 0) is 36.5 Å². The highest BCUT2D eigenvalue weighted by Gasteiger charge is 2.25. The molecule has 1 heterocycles. The standard InChI is InChI=1S/C18H25NO4/c1-13-7-9-19(10-8-13)17(20)11-15(12-18(21)22)14-3-5-16(23-2)6-4-14/h3-6,13,15H,7-12H2,1-2H3,(H,21,22)/t15-/m1/s1. The topological polar surface area (TPSA) is 66.8 Å². The average molecular weight is 319 g/mol. The highest BCUT2D eigenvalue weighted by molar-refractivity contribution is 5.78. The van der Waals surface area contributed by atoms with Gasteiger partial charge in [0.15, 0.2) is 0 Å². The van der Waals surface area contributed by atoms with Crippen LogP contribution >= 0.6 is 0 Å². The third kappa shape index (κ3) is 4.98. The van der Waals surface area contributed by atoms with Crippen LogP contribution in [0.15, 0.2) is 24.3 Å². The monoisotopic (exact) mass is 319 g/mol. The zero-order valence-corrected chi connectivity index (χ0v) is 13.8. The first kappa shape index (κ1) is 17.3. The molecule has 0 unspecified atom stereocenters. The molecule has 23 heavy (non-hydrogen) atoms. The lowest BCUT2D eigenvalue weighted by atomic mass is 9.91. The normalized spacial score (nSPS) is 16.9. The van der Waals surface area contributed by atoms with Gasteiger partial charge in [-0.3, -0.25) is 9.59 Å². The smallest absolute Gasteiger partial charge is 0.303 e. The number of hydrogen-bond acceptors (Lipinski definition) is 3. The largest absolute Gasteiger partial charge is 0.497 e. The molecule has 0 bridgehead atoms. The minimum Gasteiger partial charge on any atom is -0.497 e. The second-order valence-electron chi connectivity index (χ2n) is 6.34. The van der Waals surface area contributed by atoms with Crippen molar-refractivity contribution >= 4 is 11.9 Å². The number of benzene rings is 1. The van der Waals surface area contributed by atoms with Crippen molar-refractivity contribution in [2.75, 3.05) is 20.2 Å². The number of carbonyl (C=O) groups is 2. The molecule has 2 rings (SSSR count). The van der Waals surface area contributed by atoms with E-state index in [2.05, 4.69) is 6.92 Å². The summed E-state index contributed by atoms with van der Waals surface area (Å²) in [4.78, 5) is 25.5. The summed E-state index contributed by atoms with van der Waals surface area (Å²) < 4.78 is 5.12. The molecule has 0 aromatic heterocycles. The third-order valence-electron chi connectivity index (χ3n) is 4.57. The van der Waals surface area contributed by atoms with E-state index in [-0.39, 0.29) is 24.7 Å². The van der Waals surface area contributed by atoms with Gasteiger partial charge in [0.05, 0.1) is 13.5 Å². The molecule has 1 aliphatic rings. The van der Waals surface area contributed by atoms with Crippen molar-refractivity contribution in [1.82, 2.24) is 4.90 Å². The second kappa shape index (κ2) is 7.99. The predicted molar refractivity (Wildman–Crippen MR) is 87.6 cm³/mol. The molecule has 1 aromatic rings. The van der Waals surface area contributed by atoms with E-state index in [9.17, 15) is 9.59 Å². The van der Waals surface area contributed by atoms with Gasteiger partial charge in [0.2, 0.25) is 5.91 Å². The Morgan fingerprint density at radius 3 is 2.35 bits per heavy atom. The van der Waals surface area contributed by atoms with Gasteiger partial charge in [-0.25, -0.2) is 0 Å². The van der Waals surface area contributed by atoms with Gasteiger partial charge in [0.1, 0.15) is 5.75 Å². The summed E-state index contributed by atoms with van der Waals surface area (Å²) in [5, 5.41) is 9.15. The van der Waals surface area contributed by atoms with Gasteiger partial charge >= 0.3 is 5.97 Å². The van der Waals surface area contributed by atoms with Crippen LogP contribution in [0.1, 0.15) is 44.1 Å². The molecule has 126 valence electrons. The summed E-state index contributed by atoms with van der Waals surface area (Å²) in [5.74, 6) is 0.254. The predicted octanol–water partition coefficient (Wildman–Crippen LogP) is 2.90. The Morgan fingerprint density at radius 2 is 1.83 bits per heavy atom. The quantitative estimate of drug-likeness (QED) is 0.875. The zero-order chi connectivity index (χ0) is 16.8. The van der Waals surface area contributed by atoms with E-state index in [1.807, 2.05) is 17.0 Å². The van der Waals surface area contributed by atoms with Gasteiger partial charge in [-0.1, -0.05) is 19.1 Å². The minimum absolute atomic E-state index is 0.0394. The summed E-state index contributed by atoms with van der Waals surface area (Å²) in [7, 11) is 1.59. The van der Waals surface area contributed by atoms with Crippen molar-refractivity contribution in [2.24, 2.45) is 5.92 Å². The molecule has 1 fully saturated rings. The van der Waals surface area contributed by atoms with Gasteiger partial charge in [0.25, 0.3) is 0 Å². The van der Waals surface area contributed by atoms with Crippen molar-refractivity contribution in [2.45, 2.75) is 38.5 Å². The molecule has 1 saturated heterocycles. The van der Waals surface area contributed by atoms with Crippen LogP contribution in [0.3, 0.4) is 0 Å². The minimum atomic E-state index is -0.883. The number of carboxylic acids is 1. The molecule has 1 aromatic carbocycles. The summed E-state index contributed by atoms with van der Waals surface area (Å²) in [6, 6.07) is 7.30. The van der Waals surface area contributed by atoms with Gasteiger partial charge in [-0.2, -0.15) is 0 Å². The summed E-state index contributed by atoms with van der Waals surface area (Å²) in [6.45, 7) is 3.76. The molecule has 0 aliphatic carbocycles. The van der Waals surface area contributed by atoms with E-state index in [0.29, 0.717) is 5.92 Å². The fraction of sp³-hybridized carbons (Fsp3) is 0.556. The van der Waals surface area contributed by atoms with E-state index < -0.39 is 5.97 Å². The highest BCUT2D eigenvalue weighted by atomic mass is 16.5. The number of hydrogen-bond donors (Lipinski definition) is 1. The SMILES string of the molecule is COc1ccc([C@@H](CC(=O)O)CC(=O)N2CCC(C)CC2)cc1. The molecular weight excluding hydrogens is 294 g/mol. The van der Waals surface area contributed by atoms with Crippen LogP contribution in [0.4, 0.5) is 0 Å². The van der Waals surface area contributed by atoms with Crippen LogP contribution in [0.2, 0.25) is 0 Å². The Hall–Kier alpha value is -2.04. The van der Waals surface area contributed by atoms with E-state index >= 15 is 0 Å². The first-order valence-electron chi connectivity index (χ1n) is 8.13. The number of ether oxygens (including phenoxy) is 1. The van der Waals surface area contributed by atoms with Gasteiger partial charge < -0.3 is 14.7 Å². The van der Waals surface area contributed by atoms with Gasteiger partial charge in [0, 0.05) is 25.4 Å². The molecular formula is C18H25NO4. The Labute approximate surface area is 137 Å². The lowest BCUT2D eigenvalue weighted by Crippen LogP contribution is -2.38. The van der Waals surface area contributed by atoms with Crippen molar-refractivity contribution < 1.29 is 19.4 Å². The molecule has 1 aliphatic heterocycles. The number of carboxylic acid groups (broad SMARTS) is 1. The zero-order valence-electron chi connectivity index (χ0n) is 13.8. The fourth-order valence-electron chi connectivity index (χ4n) is 2.99. The van der Waals surface area contributed by atoms with Crippen LogP contribution in [0.5, 0.6) is 5.75 Å². The summed E-state index contributed by atoms with van der Waals surface area (Å²) >= 11 is 0. The summed E-state index contributed by atoms with van der Waals surface area (Å²) in [5.41, 5.74) is 0.868. The number of nitrogens with zero attached hydrogens (tertiary/aromatic N) is 1. The van der Waals surface area contributed by atoms with Gasteiger partial charge in [-0.15, -0.1) is 0 Å². The maximum Gasteiger partial charge on any atom is 0.303 e. The molecule has 1 atom stereocenters. The van der Waals surface area contributed by atoms with Crippen LogP contribution in [0, 0.1) is 5.92 Å². The van der Waals surface area contributed by atoms with Crippen molar-refractivity contribution in [1.29, 1.82) is 0 Å². The van der Waals surface area contributed by atoms with Crippen LogP contribution in [-0.4, -0.2) is 42.1 Å². The molecule has 0 radical (unpaired) electrons. The van der Waals surface area contributed by atoms with Crippen molar-refractivity contribution in [3.8, 4) is 5.75 Å². The Kier molecular flexibility index (Phi) is 6.02. The third-order valence-corrected chi connectivity index (χ3v) is 4.57. The lowest BCUT2D eigenvalue weighted by Gasteiger charge is -2.31. The Bertz CT molecular complexity index is 532. The molecule has 5 heteroatoms. The van der Waals surface area contributed by atoms with Crippen molar-refractivity contribution in [3.05, 3.63) is 29.8 Å². The molecule has 5 nitrogen and oxygen atoms in total. The van der Waals surface area contributed by atoms with E-state index in [1.165, 1.54) is 0 Å². The van der Waals surface area contributed by atoms with E-state index in [1.54, 1.807) is 19.2 Å². The van der Waals surface area contributed by atoms with Crippen LogP contribution < -0.4 is 4.74 Å². The molecule has 1 N–H and O–H groups in total. The first-order chi connectivity index (χ1) is 11.0. The number of amides is 1. The molecule has 1 amide bonds. The summed E-state index contributed by atoms with van der Waals surface area (Å²) in [6.07, 6.45) is 2.26. The lowest BCUT2D eigenvalue weighted by molar-refractivity contribution is -0.138. The van der Waals surface area contributed by atoms with Crippen LogP contribution in [-0.2, 0) is 9.59 Å². The number of rotatable bonds is 6. The fourth-order valence-corrected chi connectivity index (χ4v) is 2.99. The highest BCUT2D eigenvalue weighted by Crippen LogP contribution is 2.27.